The molecule has 6 nitrogen and oxygen atoms in total. The van der Waals surface area contributed by atoms with Crippen molar-refractivity contribution in [2.75, 3.05) is 38.2 Å². The second-order valence-electron chi connectivity index (χ2n) is 9.64. The van der Waals surface area contributed by atoms with Crippen molar-refractivity contribution in [1.82, 2.24) is 9.80 Å². The van der Waals surface area contributed by atoms with Crippen molar-refractivity contribution in [2.24, 2.45) is 0 Å². The number of hydrogen-bond acceptors (Lipinski definition) is 5. The van der Waals surface area contributed by atoms with Crippen molar-refractivity contribution in [3.05, 3.63) is 119 Å². The Morgan fingerprint density at radius 3 is 2.23 bits per heavy atom. The lowest BCUT2D eigenvalue weighted by atomic mass is 10.1. The van der Waals surface area contributed by atoms with E-state index in [1.165, 1.54) is 24.3 Å². The number of rotatable bonds is 9. The normalized spacial score (nSPS) is 13.6. The minimum atomic E-state index is -0.299. The van der Waals surface area contributed by atoms with Gasteiger partial charge in [0.2, 0.25) is 0 Å². The van der Waals surface area contributed by atoms with Crippen molar-refractivity contribution < 1.29 is 22.7 Å². The lowest BCUT2D eigenvalue weighted by Crippen LogP contribution is -2.48. The number of methoxy groups -OCH3 is 1. The topological polar surface area (TPSA) is 49.2 Å². The van der Waals surface area contributed by atoms with Crippen molar-refractivity contribution in [3.8, 4) is 5.75 Å². The monoisotopic (exact) mass is 531 g/mol. The van der Waals surface area contributed by atoms with E-state index in [-0.39, 0.29) is 17.5 Å². The van der Waals surface area contributed by atoms with Gasteiger partial charge >= 0.3 is 0 Å². The van der Waals surface area contributed by atoms with Crippen LogP contribution in [-0.2, 0) is 19.6 Å². The molecule has 0 radical (unpaired) electrons. The number of hydrogen-bond donors (Lipinski definition) is 0. The first-order valence-corrected chi connectivity index (χ1v) is 12.9. The molecule has 8 heteroatoms. The first-order chi connectivity index (χ1) is 19.0. The minimum absolute atomic E-state index is 0.133. The lowest BCUT2D eigenvalue weighted by molar-refractivity contribution is 0.0710. The maximum Gasteiger partial charge on any atom is 0.289 e. The molecule has 0 spiro atoms. The fourth-order valence-electron chi connectivity index (χ4n) is 4.82. The molecule has 202 valence electrons. The fraction of sp³-hybridized carbons (Fsp3) is 0.258. The molecule has 1 fully saturated rings. The average molecular weight is 532 g/mol. The van der Waals surface area contributed by atoms with Gasteiger partial charge in [-0.2, -0.15) is 0 Å². The molecule has 3 aromatic carbocycles. The van der Waals surface area contributed by atoms with Gasteiger partial charge < -0.3 is 19.0 Å². The summed E-state index contributed by atoms with van der Waals surface area (Å²) >= 11 is 0. The van der Waals surface area contributed by atoms with Gasteiger partial charge in [-0.15, -0.1) is 0 Å². The third-order valence-electron chi connectivity index (χ3n) is 6.87. The van der Waals surface area contributed by atoms with Crippen LogP contribution in [0.15, 0.2) is 89.3 Å². The number of carbonyl (C=O) groups excluding carboxylic acids is 1. The predicted octanol–water partition coefficient (Wildman–Crippen LogP) is 5.73. The van der Waals surface area contributed by atoms with Crippen molar-refractivity contribution in [2.45, 2.75) is 19.6 Å². The number of amides is 1. The molecule has 1 aromatic heterocycles. The Morgan fingerprint density at radius 2 is 1.54 bits per heavy atom. The Balaban J connectivity index is 1.22. The first-order valence-electron chi connectivity index (χ1n) is 12.9. The molecule has 2 heterocycles. The standard InChI is InChI=1S/C31H31F2N3O3/c1-38-28-11-9-27(10-12-28)35-15-17-36(18-16-35)31(37)30-14-13-29(39-30)22-34(20-23-5-7-25(32)8-6-23)21-24-3-2-4-26(33)19-24/h2-14,19H,15-18,20-22H2,1H3. The van der Waals surface area contributed by atoms with Crippen LogP contribution in [0.5, 0.6) is 5.75 Å². The molecule has 5 rings (SSSR count). The number of furan rings is 1. The SMILES string of the molecule is COc1ccc(N2CCN(C(=O)c3ccc(CN(Cc4ccc(F)cc4)Cc4cccc(F)c4)o3)CC2)cc1. The number of halogens is 2. The van der Waals surface area contributed by atoms with Crippen molar-refractivity contribution >= 4 is 11.6 Å². The number of anilines is 1. The Morgan fingerprint density at radius 1 is 0.821 bits per heavy atom. The van der Waals surface area contributed by atoms with Gasteiger partial charge in [-0.1, -0.05) is 24.3 Å². The van der Waals surface area contributed by atoms with Crippen LogP contribution in [0.3, 0.4) is 0 Å². The second-order valence-corrected chi connectivity index (χ2v) is 9.64. The van der Waals surface area contributed by atoms with E-state index in [2.05, 4.69) is 9.80 Å². The Kier molecular flexibility index (Phi) is 8.22. The molecule has 39 heavy (non-hydrogen) atoms. The maximum absolute atomic E-state index is 13.8. The van der Waals surface area contributed by atoms with Crippen LogP contribution in [0.2, 0.25) is 0 Å². The van der Waals surface area contributed by atoms with Crippen LogP contribution in [0.4, 0.5) is 14.5 Å². The van der Waals surface area contributed by atoms with E-state index in [1.807, 2.05) is 41.3 Å². The van der Waals surface area contributed by atoms with Gasteiger partial charge in [0.1, 0.15) is 23.1 Å². The molecular weight excluding hydrogens is 500 g/mol. The van der Waals surface area contributed by atoms with Gasteiger partial charge in [-0.3, -0.25) is 9.69 Å². The molecule has 0 N–H and O–H groups in total. The fourth-order valence-corrected chi connectivity index (χ4v) is 4.82. The molecular formula is C31H31F2N3O3. The molecule has 1 aliphatic heterocycles. The number of nitrogens with zero attached hydrogens (tertiary/aromatic N) is 3. The molecule has 0 aliphatic carbocycles. The van der Waals surface area contributed by atoms with Crippen LogP contribution in [-0.4, -0.2) is 49.0 Å². The largest absolute Gasteiger partial charge is 0.497 e. The third kappa shape index (κ3) is 6.83. The van der Waals surface area contributed by atoms with E-state index in [0.717, 1.165) is 35.7 Å². The zero-order chi connectivity index (χ0) is 27.2. The van der Waals surface area contributed by atoms with Crippen LogP contribution in [0.25, 0.3) is 0 Å². The molecule has 0 saturated carbocycles. The van der Waals surface area contributed by atoms with E-state index in [4.69, 9.17) is 9.15 Å². The Bertz CT molecular complexity index is 1380. The number of ether oxygens (including phenoxy) is 1. The van der Waals surface area contributed by atoms with E-state index < -0.39 is 0 Å². The van der Waals surface area contributed by atoms with E-state index in [0.29, 0.717) is 44.2 Å². The summed E-state index contributed by atoms with van der Waals surface area (Å²) in [6.45, 7) is 4.02. The highest BCUT2D eigenvalue weighted by molar-refractivity contribution is 5.91. The highest BCUT2D eigenvalue weighted by Crippen LogP contribution is 2.22. The number of benzene rings is 3. The smallest absolute Gasteiger partial charge is 0.289 e. The number of carbonyl (C=O) groups is 1. The maximum atomic E-state index is 13.8. The van der Waals surface area contributed by atoms with E-state index in [9.17, 15) is 13.6 Å². The van der Waals surface area contributed by atoms with E-state index >= 15 is 0 Å². The molecule has 1 aliphatic rings. The van der Waals surface area contributed by atoms with Gasteiger partial charge in [0.25, 0.3) is 5.91 Å². The van der Waals surface area contributed by atoms with Crippen molar-refractivity contribution in [3.63, 3.8) is 0 Å². The Labute approximate surface area is 227 Å². The minimum Gasteiger partial charge on any atom is -0.497 e. The van der Waals surface area contributed by atoms with Gasteiger partial charge in [0.05, 0.1) is 13.7 Å². The summed E-state index contributed by atoms with van der Waals surface area (Å²) in [6, 6.07) is 24.2. The predicted molar refractivity (Wildman–Crippen MR) is 146 cm³/mol. The quantitative estimate of drug-likeness (QED) is 0.276. The summed E-state index contributed by atoms with van der Waals surface area (Å²) in [5, 5.41) is 0. The summed E-state index contributed by atoms with van der Waals surface area (Å²) in [4.78, 5) is 19.3. The third-order valence-corrected chi connectivity index (χ3v) is 6.87. The van der Waals surface area contributed by atoms with Crippen LogP contribution in [0.1, 0.15) is 27.4 Å². The van der Waals surface area contributed by atoms with Crippen LogP contribution in [0, 0.1) is 11.6 Å². The number of piperazine rings is 1. The molecule has 0 atom stereocenters. The summed E-state index contributed by atoms with van der Waals surface area (Å²) < 4.78 is 38.4. The molecule has 4 aromatic rings. The zero-order valence-electron chi connectivity index (χ0n) is 21.9. The first kappa shape index (κ1) is 26.4. The van der Waals surface area contributed by atoms with Gasteiger partial charge in [-0.05, 0) is 71.8 Å². The average Bonchev–Trinajstić information content (AvgIpc) is 3.42. The van der Waals surface area contributed by atoms with Crippen LogP contribution >= 0.6 is 0 Å². The summed E-state index contributed by atoms with van der Waals surface area (Å²) in [6.07, 6.45) is 0. The molecule has 0 unspecified atom stereocenters. The lowest BCUT2D eigenvalue weighted by Gasteiger charge is -2.35. The Hall–Kier alpha value is -4.17. The molecule has 1 amide bonds. The van der Waals surface area contributed by atoms with Gasteiger partial charge in [0, 0.05) is 45.0 Å². The van der Waals surface area contributed by atoms with Crippen molar-refractivity contribution in [1.29, 1.82) is 0 Å². The molecule has 0 bridgehead atoms. The summed E-state index contributed by atoms with van der Waals surface area (Å²) in [5.74, 6) is 1.02. The molecule has 1 saturated heterocycles. The highest BCUT2D eigenvalue weighted by Gasteiger charge is 2.25. The van der Waals surface area contributed by atoms with Gasteiger partial charge in [-0.25, -0.2) is 8.78 Å². The van der Waals surface area contributed by atoms with Crippen LogP contribution < -0.4 is 9.64 Å². The van der Waals surface area contributed by atoms with Gasteiger partial charge in [0.15, 0.2) is 5.76 Å². The van der Waals surface area contributed by atoms with E-state index in [1.54, 1.807) is 31.4 Å². The summed E-state index contributed by atoms with van der Waals surface area (Å²) in [7, 11) is 1.65. The summed E-state index contributed by atoms with van der Waals surface area (Å²) in [5.41, 5.74) is 2.84. The highest BCUT2D eigenvalue weighted by atomic mass is 19.1. The second kappa shape index (κ2) is 12.1. The zero-order valence-corrected chi connectivity index (χ0v) is 21.9.